The number of H-pyrrole nitrogens is 1. The number of aromatic nitrogens is 1. The van der Waals surface area contributed by atoms with Gasteiger partial charge in [0.2, 0.25) is 0 Å². The average molecular weight is 179 g/mol. The van der Waals surface area contributed by atoms with Crippen LogP contribution in [-0.4, -0.2) is 4.98 Å². The predicted octanol–water partition coefficient (Wildman–Crippen LogP) is 3.11. The number of oxazole rings is 1. The van der Waals surface area contributed by atoms with Gasteiger partial charge in [0.25, 0.3) is 4.84 Å². The third kappa shape index (κ3) is 1.06. The molecular weight excluding hydrogens is 170 g/mol. The Morgan fingerprint density at radius 2 is 2.08 bits per heavy atom. The molecule has 0 saturated carbocycles. The first-order chi connectivity index (χ1) is 5.66. The molecule has 0 radical (unpaired) electrons. The molecule has 1 heterocycles. The minimum atomic E-state index is 0.443. The zero-order valence-electron chi connectivity index (χ0n) is 6.97. The molecule has 0 atom stereocenters. The van der Waals surface area contributed by atoms with Crippen molar-refractivity contribution < 1.29 is 4.42 Å². The van der Waals surface area contributed by atoms with Crippen molar-refractivity contribution in [3.63, 3.8) is 0 Å². The van der Waals surface area contributed by atoms with Crippen molar-refractivity contribution in [2.24, 2.45) is 0 Å². The van der Waals surface area contributed by atoms with Gasteiger partial charge in [-0.2, -0.15) is 0 Å². The molecule has 2 nitrogen and oxygen atoms in total. The fourth-order valence-corrected chi connectivity index (χ4v) is 1.59. The highest BCUT2D eigenvalue weighted by molar-refractivity contribution is 7.71. The minimum absolute atomic E-state index is 0.443. The molecule has 0 fully saturated rings. The maximum Gasteiger partial charge on any atom is 0.266 e. The first-order valence-electron chi connectivity index (χ1n) is 3.77. The van der Waals surface area contributed by atoms with E-state index in [0.29, 0.717) is 4.84 Å². The number of hydrogen-bond acceptors (Lipinski definition) is 2. The van der Waals surface area contributed by atoms with Crippen LogP contribution in [0.1, 0.15) is 11.1 Å². The van der Waals surface area contributed by atoms with Gasteiger partial charge in [0.05, 0.1) is 5.52 Å². The number of nitrogens with one attached hydrogen (secondary N) is 1. The van der Waals surface area contributed by atoms with Crippen LogP contribution >= 0.6 is 12.2 Å². The highest BCUT2D eigenvalue weighted by Crippen LogP contribution is 2.19. The molecule has 62 valence electrons. The summed E-state index contributed by atoms with van der Waals surface area (Å²) >= 11 is 4.89. The van der Waals surface area contributed by atoms with E-state index in [4.69, 9.17) is 16.6 Å². The van der Waals surface area contributed by atoms with Gasteiger partial charge in [-0.25, -0.2) is 0 Å². The minimum Gasteiger partial charge on any atom is -0.429 e. The van der Waals surface area contributed by atoms with E-state index in [-0.39, 0.29) is 0 Å². The highest BCUT2D eigenvalue weighted by atomic mass is 32.1. The van der Waals surface area contributed by atoms with Gasteiger partial charge in [-0.1, -0.05) is 6.07 Å². The number of hydrogen-bond donors (Lipinski definition) is 1. The quantitative estimate of drug-likeness (QED) is 0.629. The SMILES string of the molecule is Cc1cc(C)c2[nH]c(=S)oc2c1. The Balaban J connectivity index is 2.97. The van der Waals surface area contributed by atoms with Crippen LogP contribution in [0, 0.1) is 18.7 Å². The van der Waals surface area contributed by atoms with Crippen LogP contribution in [0.2, 0.25) is 0 Å². The Morgan fingerprint density at radius 3 is 2.83 bits per heavy atom. The Labute approximate surface area is 75.2 Å². The van der Waals surface area contributed by atoms with E-state index in [0.717, 1.165) is 11.1 Å². The molecule has 12 heavy (non-hydrogen) atoms. The number of fused-ring (bicyclic) bond motifs is 1. The van der Waals surface area contributed by atoms with E-state index in [2.05, 4.69) is 11.1 Å². The Hall–Kier alpha value is -1.09. The standard InChI is InChI=1S/C9H9NOS/c1-5-3-6(2)8-7(4-5)11-9(12)10-8/h3-4H,1-2H3,(H,10,12). The van der Waals surface area contributed by atoms with Gasteiger partial charge < -0.3 is 9.40 Å². The fourth-order valence-electron chi connectivity index (χ4n) is 1.40. The molecule has 1 aromatic heterocycles. The lowest BCUT2D eigenvalue weighted by atomic mass is 10.1. The normalized spacial score (nSPS) is 10.8. The second-order valence-corrected chi connectivity index (χ2v) is 3.34. The molecule has 0 aliphatic carbocycles. The Bertz CT molecular complexity index is 481. The molecule has 2 rings (SSSR count). The second-order valence-electron chi connectivity index (χ2n) is 2.97. The monoisotopic (exact) mass is 179 g/mol. The molecular formula is C9H9NOS. The lowest BCUT2D eigenvalue weighted by Gasteiger charge is -1.95. The molecule has 1 N–H and O–H groups in total. The molecule has 0 unspecified atom stereocenters. The van der Waals surface area contributed by atoms with Crippen molar-refractivity contribution in [2.45, 2.75) is 13.8 Å². The van der Waals surface area contributed by atoms with Gasteiger partial charge in [-0.3, -0.25) is 0 Å². The topological polar surface area (TPSA) is 28.9 Å². The van der Waals surface area contributed by atoms with Gasteiger partial charge >= 0.3 is 0 Å². The van der Waals surface area contributed by atoms with Crippen LogP contribution in [0.15, 0.2) is 16.5 Å². The zero-order valence-corrected chi connectivity index (χ0v) is 7.79. The van der Waals surface area contributed by atoms with Gasteiger partial charge in [0.15, 0.2) is 5.58 Å². The number of rotatable bonds is 0. The summed E-state index contributed by atoms with van der Waals surface area (Å²) < 4.78 is 5.29. The van der Waals surface area contributed by atoms with Crippen LogP contribution < -0.4 is 0 Å². The molecule has 0 spiro atoms. The fraction of sp³-hybridized carbons (Fsp3) is 0.222. The van der Waals surface area contributed by atoms with Gasteiger partial charge in [0, 0.05) is 0 Å². The molecule has 0 saturated heterocycles. The largest absolute Gasteiger partial charge is 0.429 e. The number of aryl methyl sites for hydroxylation is 2. The average Bonchev–Trinajstić information content (AvgIpc) is 2.29. The third-order valence-corrected chi connectivity index (χ3v) is 2.06. The summed E-state index contributed by atoms with van der Waals surface area (Å²) in [7, 11) is 0. The maximum atomic E-state index is 5.29. The van der Waals surface area contributed by atoms with E-state index < -0.39 is 0 Å². The van der Waals surface area contributed by atoms with Gasteiger partial charge in [-0.05, 0) is 43.3 Å². The molecule has 1 aromatic carbocycles. The molecule has 0 aliphatic rings. The Kier molecular flexibility index (Phi) is 1.54. The van der Waals surface area contributed by atoms with E-state index in [1.165, 1.54) is 11.1 Å². The zero-order chi connectivity index (χ0) is 8.72. The lowest BCUT2D eigenvalue weighted by Crippen LogP contribution is -1.78. The summed E-state index contributed by atoms with van der Waals surface area (Å²) in [5.74, 6) is 0. The van der Waals surface area contributed by atoms with Crippen molar-refractivity contribution in [1.82, 2.24) is 4.98 Å². The van der Waals surface area contributed by atoms with Crippen molar-refractivity contribution in [1.29, 1.82) is 0 Å². The predicted molar refractivity (Wildman–Crippen MR) is 50.9 cm³/mol. The summed E-state index contributed by atoms with van der Waals surface area (Å²) in [4.78, 5) is 3.45. The highest BCUT2D eigenvalue weighted by Gasteiger charge is 2.01. The first-order valence-corrected chi connectivity index (χ1v) is 4.18. The van der Waals surface area contributed by atoms with Crippen molar-refractivity contribution >= 4 is 23.3 Å². The van der Waals surface area contributed by atoms with Crippen LogP contribution in [0.5, 0.6) is 0 Å². The Morgan fingerprint density at radius 1 is 1.33 bits per heavy atom. The van der Waals surface area contributed by atoms with Crippen LogP contribution in [0.4, 0.5) is 0 Å². The summed E-state index contributed by atoms with van der Waals surface area (Å²) in [5.41, 5.74) is 4.21. The second kappa shape index (κ2) is 2.45. The molecule has 0 amide bonds. The van der Waals surface area contributed by atoms with Gasteiger partial charge in [0.1, 0.15) is 0 Å². The first kappa shape index (κ1) is 7.55. The summed E-state index contributed by atoms with van der Waals surface area (Å²) in [6.07, 6.45) is 0. The summed E-state index contributed by atoms with van der Waals surface area (Å²) in [6.45, 7) is 4.08. The van der Waals surface area contributed by atoms with Crippen molar-refractivity contribution in [2.75, 3.05) is 0 Å². The smallest absolute Gasteiger partial charge is 0.266 e. The molecule has 0 aliphatic heterocycles. The van der Waals surface area contributed by atoms with Crippen LogP contribution in [-0.2, 0) is 0 Å². The van der Waals surface area contributed by atoms with Crippen molar-refractivity contribution in [3.05, 3.63) is 28.1 Å². The van der Waals surface area contributed by atoms with E-state index in [9.17, 15) is 0 Å². The molecule has 2 aromatic rings. The third-order valence-electron chi connectivity index (χ3n) is 1.87. The van der Waals surface area contributed by atoms with Crippen LogP contribution in [0.3, 0.4) is 0 Å². The van der Waals surface area contributed by atoms with Gasteiger partial charge in [-0.15, -0.1) is 0 Å². The van der Waals surface area contributed by atoms with E-state index in [1.807, 2.05) is 19.9 Å². The van der Waals surface area contributed by atoms with E-state index in [1.54, 1.807) is 0 Å². The van der Waals surface area contributed by atoms with Crippen LogP contribution in [0.25, 0.3) is 11.1 Å². The summed E-state index contributed by atoms with van der Waals surface area (Å²) in [6, 6.07) is 4.08. The summed E-state index contributed by atoms with van der Waals surface area (Å²) in [5, 5.41) is 0. The van der Waals surface area contributed by atoms with E-state index >= 15 is 0 Å². The number of aromatic amines is 1. The number of benzene rings is 1. The maximum absolute atomic E-state index is 5.29. The molecule has 3 heteroatoms. The lowest BCUT2D eigenvalue weighted by molar-refractivity contribution is 0.583. The van der Waals surface area contributed by atoms with Crippen molar-refractivity contribution in [3.8, 4) is 0 Å². The molecule has 0 bridgehead atoms.